The number of hydrogen-bond acceptors (Lipinski definition) is 7. The molecular formula is C10H11N4O4S2-. The van der Waals surface area contributed by atoms with E-state index in [1.54, 1.807) is 6.20 Å². The van der Waals surface area contributed by atoms with E-state index in [-0.39, 0.29) is 12.2 Å². The minimum absolute atomic E-state index is 0.0490. The van der Waals surface area contributed by atoms with Crippen LogP contribution in [-0.4, -0.2) is 28.2 Å². The molecule has 0 fully saturated rings. The molecule has 2 aromatic heterocycles. The van der Waals surface area contributed by atoms with Crippen LogP contribution in [0.25, 0.3) is 0 Å². The number of nitro groups is 1. The van der Waals surface area contributed by atoms with E-state index in [2.05, 4.69) is 9.97 Å². The number of rotatable bonds is 5. The SMILES string of the molecule is Cc1cnc(C(Cc2ncc([N+](=O)[O-])n2C)S(=O)[O-])s1. The quantitative estimate of drug-likeness (QED) is 0.466. The number of hydrogen-bond donors (Lipinski definition) is 0. The van der Waals surface area contributed by atoms with Gasteiger partial charge in [-0.2, -0.15) is 0 Å². The maximum absolute atomic E-state index is 11.4. The molecule has 0 aliphatic rings. The van der Waals surface area contributed by atoms with Gasteiger partial charge in [0.05, 0.1) is 12.3 Å². The lowest BCUT2D eigenvalue weighted by Gasteiger charge is -2.15. The highest BCUT2D eigenvalue weighted by atomic mass is 32.2. The van der Waals surface area contributed by atoms with Gasteiger partial charge in [0.25, 0.3) is 0 Å². The third-order valence-corrected chi connectivity index (χ3v) is 4.79. The molecule has 0 aromatic carbocycles. The average Bonchev–Trinajstić information content (AvgIpc) is 2.92. The number of thiazole rings is 1. The molecule has 108 valence electrons. The lowest BCUT2D eigenvalue weighted by molar-refractivity contribution is -0.391. The first kappa shape index (κ1) is 14.8. The molecule has 0 N–H and O–H groups in total. The van der Waals surface area contributed by atoms with Crippen LogP contribution in [0, 0.1) is 17.0 Å². The first-order valence-electron chi connectivity index (χ1n) is 5.55. The van der Waals surface area contributed by atoms with Crippen LogP contribution in [0.2, 0.25) is 0 Å². The summed E-state index contributed by atoms with van der Waals surface area (Å²) in [6.07, 6.45) is 2.77. The van der Waals surface area contributed by atoms with Gasteiger partial charge in [-0.05, 0) is 22.9 Å². The van der Waals surface area contributed by atoms with Crippen LogP contribution >= 0.6 is 11.3 Å². The van der Waals surface area contributed by atoms with Gasteiger partial charge < -0.3 is 14.7 Å². The van der Waals surface area contributed by atoms with Crippen molar-refractivity contribution in [2.45, 2.75) is 18.6 Å². The second kappa shape index (κ2) is 5.77. The predicted octanol–water partition coefficient (Wildman–Crippen LogP) is 1.26. The van der Waals surface area contributed by atoms with Gasteiger partial charge in [0.1, 0.15) is 11.2 Å². The van der Waals surface area contributed by atoms with E-state index in [4.69, 9.17) is 0 Å². The van der Waals surface area contributed by atoms with Crippen molar-refractivity contribution in [3.05, 3.63) is 38.2 Å². The third kappa shape index (κ3) is 2.92. The maximum atomic E-state index is 11.4. The van der Waals surface area contributed by atoms with Crippen molar-refractivity contribution in [1.29, 1.82) is 0 Å². The highest BCUT2D eigenvalue weighted by molar-refractivity contribution is 7.79. The fraction of sp³-hybridized carbons (Fsp3) is 0.400. The zero-order chi connectivity index (χ0) is 14.9. The molecule has 10 heteroatoms. The molecule has 0 spiro atoms. The summed E-state index contributed by atoms with van der Waals surface area (Å²) < 4.78 is 24.0. The fourth-order valence-electron chi connectivity index (χ4n) is 1.72. The maximum Gasteiger partial charge on any atom is 0.342 e. The molecule has 0 saturated heterocycles. The summed E-state index contributed by atoms with van der Waals surface area (Å²) in [6, 6.07) is 0. The summed E-state index contributed by atoms with van der Waals surface area (Å²) in [5, 5.41) is 10.3. The van der Waals surface area contributed by atoms with Crippen molar-refractivity contribution in [1.82, 2.24) is 14.5 Å². The minimum Gasteiger partial charge on any atom is -0.772 e. The third-order valence-electron chi connectivity index (χ3n) is 2.76. The largest absolute Gasteiger partial charge is 0.772 e. The van der Waals surface area contributed by atoms with Crippen molar-refractivity contribution in [2.75, 3.05) is 0 Å². The summed E-state index contributed by atoms with van der Waals surface area (Å²) >= 11 is -1.09. The normalized spacial score (nSPS) is 14.2. The number of aromatic nitrogens is 3. The van der Waals surface area contributed by atoms with Crippen LogP contribution in [0.5, 0.6) is 0 Å². The number of nitrogens with zero attached hydrogens (tertiary/aromatic N) is 4. The number of aryl methyl sites for hydroxylation is 1. The Kier molecular flexibility index (Phi) is 4.26. The van der Waals surface area contributed by atoms with Crippen LogP contribution in [0.3, 0.4) is 0 Å². The molecule has 2 unspecified atom stereocenters. The Morgan fingerprint density at radius 1 is 1.50 bits per heavy atom. The summed E-state index contributed by atoms with van der Waals surface area (Å²) in [5.41, 5.74) is 0. The van der Waals surface area contributed by atoms with Gasteiger partial charge in [0.2, 0.25) is 0 Å². The lowest BCUT2D eigenvalue weighted by atomic mass is 10.3. The van der Waals surface area contributed by atoms with Crippen LogP contribution in [0.4, 0.5) is 5.82 Å². The highest BCUT2D eigenvalue weighted by Crippen LogP contribution is 2.27. The van der Waals surface area contributed by atoms with Gasteiger partial charge in [-0.3, -0.25) is 4.21 Å². The first-order valence-corrected chi connectivity index (χ1v) is 7.51. The van der Waals surface area contributed by atoms with Crippen molar-refractivity contribution >= 4 is 28.2 Å². The van der Waals surface area contributed by atoms with Crippen LogP contribution < -0.4 is 0 Å². The van der Waals surface area contributed by atoms with Gasteiger partial charge in [0, 0.05) is 17.5 Å². The molecule has 0 aliphatic carbocycles. The Labute approximate surface area is 120 Å². The molecule has 2 atom stereocenters. The smallest absolute Gasteiger partial charge is 0.342 e. The Balaban J connectivity index is 2.30. The minimum atomic E-state index is -2.38. The van der Waals surface area contributed by atoms with Gasteiger partial charge >= 0.3 is 5.82 Å². The molecule has 2 aromatic rings. The molecule has 20 heavy (non-hydrogen) atoms. The lowest BCUT2D eigenvalue weighted by Crippen LogP contribution is -2.12. The first-order chi connectivity index (χ1) is 9.40. The molecule has 0 aliphatic heterocycles. The van der Waals surface area contributed by atoms with Crippen LogP contribution in [0.1, 0.15) is 21.0 Å². The van der Waals surface area contributed by atoms with Gasteiger partial charge in [-0.25, -0.2) is 14.5 Å². The van der Waals surface area contributed by atoms with Crippen molar-refractivity contribution in [3.8, 4) is 0 Å². The number of imidazole rings is 1. The monoisotopic (exact) mass is 315 g/mol. The summed E-state index contributed by atoms with van der Waals surface area (Å²) in [5.74, 6) is 0.157. The molecule has 0 bridgehead atoms. The Morgan fingerprint density at radius 2 is 2.20 bits per heavy atom. The molecule has 0 saturated carbocycles. The van der Waals surface area contributed by atoms with Crippen molar-refractivity contribution in [3.63, 3.8) is 0 Å². The highest BCUT2D eigenvalue weighted by Gasteiger charge is 2.24. The molecule has 2 rings (SSSR count). The Morgan fingerprint density at radius 3 is 2.65 bits per heavy atom. The van der Waals surface area contributed by atoms with Gasteiger partial charge in [0.15, 0.2) is 5.82 Å². The fourth-order valence-corrected chi connectivity index (χ4v) is 3.37. The topological polar surface area (TPSA) is 114 Å². The van der Waals surface area contributed by atoms with E-state index in [0.29, 0.717) is 10.8 Å². The zero-order valence-corrected chi connectivity index (χ0v) is 12.3. The van der Waals surface area contributed by atoms with Gasteiger partial charge in [-0.1, -0.05) is 0 Å². The predicted molar refractivity (Wildman–Crippen MR) is 72.1 cm³/mol. The van der Waals surface area contributed by atoms with Gasteiger partial charge in [-0.15, -0.1) is 11.3 Å². The second-order valence-corrected chi connectivity index (χ2v) is 6.47. The molecule has 2 heterocycles. The van der Waals surface area contributed by atoms with E-state index >= 15 is 0 Å². The summed E-state index contributed by atoms with van der Waals surface area (Å²) in [6.45, 7) is 1.83. The van der Waals surface area contributed by atoms with Crippen LogP contribution in [0.15, 0.2) is 12.4 Å². The van der Waals surface area contributed by atoms with E-state index < -0.39 is 21.3 Å². The molecular weight excluding hydrogens is 304 g/mol. The molecule has 0 radical (unpaired) electrons. The Hall–Kier alpha value is -1.65. The second-order valence-electron chi connectivity index (χ2n) is 4.11. The van der Waals surface area contributed by atoms with E-state index in [9.17, 15) is 18.9 Å². The van der Waals surface area contributed by atoms with Crippen LogP contribution in [-0.2, 0) is 24.5 Å². The van der Waals surface area contributed by atoms with Crippen molar-refractivity contribution in [2.24, 2.45) is 7.05 Å². The van der Waals surface area contributed by atoms with E-state index in [0.717, 1.165) is 11.1 Å². The van der Waals surface area contributed by atoms with E-state index in [1.807, 2.05) is 6.92 Å². The summed E-state index contributed by atoms with van der Waals surface area (Å²) in [7, 11) is 1.48. The zero-order valence-electron chi connectivity index (χ0n) is 10.7. The summed E-state index contributed by atoms with van der Waals surface area (Å²) in [4.78, 5) is 19.1. The molecule has 8 nitrogen and oxygen atoms in total. The average molecular weight is 315 g/mol. The van der Waals surface area contributed by atoms with E-state index in [1.165, 1.54) is 23.0 Å². The Bertz CT molecular complexity index is 666. The van der Waals surface area contributed by atoms with Crippen molar-refractivity contribution < 1.29 is 13.7 Å². The standard InChI is InChI=1S/C10H12N4O4S2/c1-6-4-12-10(19-6)7(20(17)18)3-8-11-5-9(13(8)2)14(15)16/h4-5,7H,3H2,1-2H3,(H,17,18)/p-1. The molecule has 0 amide bonds.